The minimum absolute atomic E-state index is 0.105. The highest BCUT2D eigenvalue weighted by molar-refractivity contribution is 7.10. The summed E-state index contributed by atoms with van der Waals surface area (Å²) < 4.78 is 11.0. The third-order valence-corrected chi connectivity index (χ3v) is 5.18. The van der Waals surface area contributed by atoms with Crippen molar-refractivity contribution in [2.75, 3.05) is 13.7 Å². The van der Waals surface area contributed by atoms with Crippen molar-refractivity contribution in [3.8, 4) is 22.8 Å². The molecule has 3 rings (SSSR count). The van der Waals surface area contributed by atoms with Gasteiger partial charge in [-0.2, -0.15) is 0 Å². The second kappa shape index (κ2) is 9.84. The van der Waals surface area contributed by atoms with E-state index in [0.29, 0.717) is 11.5 Å². The average molecular weight is 410 g/mol. The Labute approximate surface area is 174 Å². The number of carbonyl (C=O) groups excluding carboxylic acids is 1. The molecule has 7 heteroatoms. The predicted octanol–water partition coefficient (Wildman–Crippen LogP) is 4.50. The van der Waals surface area contributed by atoms with Gasteiger partial charge in [0.1, 0.15) is 5.01 Å². The molecule has 1 aromatic carbocycles. The molecule has 0 radical (unpaired) electrons. The average Bonchev–Trinajstić information content (AvgIpc) is 3.24. The first kappa shape index (κ1) is 20.5. The van der Waals surface area contributed by atoms with Crippen molar-refractivity contribution in [1.29, 1.82) is 0 Å². The molecule has 0 aliphatic carbocycles. The van der Waals surface area contributed by atoms with E-state index in [1.807, 2.05) is 55.6 Å². The molecule has 0 spiro atoms. The van der Waals surface area contributed by atoms with Crippen LogP contribution in [-0.2, 0) is 4.79 Å². The van der Waals surface area contributed by atoms with Crippen molar-refractivity contribution in [3.63, 3.8) is 0 Å². The van der Waals surface area contributed by atoms with Gasteiger partial charge in [0.2, 0.25) is 0 Å². The fraction of sp³-hybridized carbons (Fsp3) is 0.227. The van der Waals surface area contributed by atoms with E-state index in [4.69, 9.17) is 9.47 Å². The molecule has 0 aliphatic heterocycles. The summed E-state index contributed by atoms with van der Waals surface area (Å²) in [5.74, 6) is 0.888. The summed E-state index contributed by atoms with van der Waals surface area (Å²) in [6.07, 6.45) is 7.38. The van der Waals surface area contributed by atoms with E-state index >= 15 is 0 Å². The molecular formula is C22H23N3O3S. The summed E-state index contributed by atoms with van der Waals surface area (Å²) in [4.78, 5) is 21.0. The molecule has 0 bridgehead atoms. The lowest BCUT2D eigenvalue weighted by molar-refractivity contribution is -0.123. The Kier molecular flexibility index (Phi) is 6.97. The highest BCUT2D eigenvalue weighted by atomic mass is 32.1. The van der Waals surface area contributed by atoms with Crippen molar-refractivity contribution in [2.24, 2.45) is 0 Å². The number of benzene rings is 1. The second-order valence-electron chi connectivity index (χ2n) is 6.30. The van der Waals surface area contributed by atoms with Crippen LogP contribution in [0.4, 0.5) is 0 Å². The molecule has 1 N–H and O–H groups in total. The first-order valence-electron chi connectivity index (χ1n) is 9.19. The number of rotatable bonds is 8. The summed E-state index contributed by atoms with van der Waals surface area (Å²) >= 11 is 1.51. The SMILES string of the molecule is CC=Cc1ccc(OCC(=O)NC(C)c2nc(-c3ccncc3)cs2)c(OC)c1. The van der Waals surface area contributed by atoms with E-state index in [1.165, 1.54) is 11.3 Å². The smallest absolute Gasteiger partial charge is 0.258 e. The number of nitrogens with zero attached hydrogens (tertiary/aromatic N) is 2. The minimum Gasteiger partial charge on any atom is -0.493 e. The van der Waals surface area contributed by atoms with Gasteiger partial charge in [0.05, 0.1) is 18.8 Å². The van der Waals surface area contributed by atoms with Crippen molar-refractivity contribution < 1.29 is 14.3 Å². The Bertz CT molecular complexity index is 986. The van der Waals surface area contributed by atoms with Crippen LogP contribution in [0, 0.1) is 0 Å². The summed E-state index contributed by atoms with van der Waals surface area (Å²) in [7, 11) is 1.58. The Hall–Kier alpha value is -3.19. The number of thiazole rings is 1. The number of ether oxygens (including phenoxy) is 2. The Morgan fingerprint density at radius 2 is 2.03 bits per heavy atom. The zero-order valence-corrected chi connectivity index (χ0v) is 17.4. The van der Waals surface area contributed by atoms with E-state index in [1.54, 1.807) is 25.6 Å². The van der Waals surface area contributed by atoms with Gasteiger partial charge >= 0.3 is 0 Å². The Balaban J connectivity index is 1.58. The summed E-state index contributed by atoms with van der Waals surface area (Å²) in [6.45, 7) is 3.75. The summed E-state index contributed by atoms with van der Waals surface area (Å²) in [6, 6.07) is 9.17. The van der Waals surface area contributed by atoms with Crippen molar-refractivity contribution in [1.82, 2.24) is 15.3 Å². The number of hydrogen-bond donors (Lipinski definition) is 1. The third kappa shape index (κ3) is 5.42. The van der Waals surface area contributed by atoms with Gasteiger partial charge in [-0.15, -0.1) is 11.3 Å². The fourth-order valence-electron chi connectivity index (χ4n) is 2.73. The number of pyridine rings is 1. The highest BCUT2D eigenvalue weighted by Gasteiger charge is 2.15. The van der Waals surface area contributed by atoms with Crippen molar-refractivity contribution in [3.05, 3.63) is 64.8 Å². The molecule has 150 valence electrons. The van der Waals surface area contributed by atoms with Crippen LogP contribution in [0.25, 0.3) is 17.3 Å². The predicted molar refractivity (Wildman–Crippen MR) is 115 cm³/mol. The first-order valence-corrected chi connectivity index (χ1v) is 10.1. The van der Waals surface area contributed by atoms with Gasteiger partial charge in [-0.25, -0.2) is 4.98 Å². The highest BCUT2D eigenvalue weighted by Crippen LogP contribution is 2.29. The van der Waals surface area contributed by atoms with E-state index in [9.17, 15) is 4.79 Å². The molecule has 2 heterocycles. The molecule has 1 unspecified atom stereocenters. The van der Waals surface area contributed by atoms with E-state index in [0.717, 1.165) is 21.8 Å². The molecule has 0 aliphatic rings. The second-order valence-corrected chi connectivity index (χ2v) is 7.18. The van der Waals surface area contributed by atoms with Gasteiger partial charge in [-0.3, -0.25) is 9.78 Å². The number of amides is 1. The largest absolute Gasteiger partial charge is 0.493 e. The van der Waals surface area contributed by atoms with Gasteiger partial charge in [-0.1, -0.05) is 18.2 Å². The maximum atomic E-state index is 12.3. The normalized spacial score (nSPS) is 12.0. The van der Waals surface area contributed by atoms with Crippen LogP contribution >= 0.6 is 11.3 Å². The van der Waals surface area contributed by atoms with Gasteiger partial charge in [0.25, 0.3) is 5.91 Å². The van der Waals surface area contributed by atoms with Crippen LogP contribution in [0.5, 0.6) is 11.5 Å². The van der Waals surface area contributed by atoms with E-state index in [2.05, 4.69) is 15.3 Å². The van der Waals surface area contributed by atoms with Gasteiger partial charge in [0.15, 0.2) is 18.1 Å². The first-order chi connectivity index (χ1) is 14.1. The van der Waals surface area contributed by atoms with Crippen LogP contribution in [0.1, 0.15) is 30.5 Å². The summed E-state index contributed by atoms with van der Waals surface area (Å²) in [5, 5.41) is 5.73. The zero-order chi connectivity index (χ0) is 20.6. The lowest BCUT2D eigenvalue weighted by Crippen LogP contribution is -2.31. The number of carbonyl (C=O) groups is 1. The van der Waals surface area contributed by atoms with Crippen LogP contribution in [0.3, 0.4) is 0 Å². The fourth-order valence-corrected chi connectivity index (χ4v) is 3.56. The Morgan fingerprint density at radius 1 is 1.24 bits per heavy atom. The van der Waals surface area contributed by atoms with Crippen LogP contribution < -0.4 is 14.8 Å². The van der Waals surface area contributed by atoms with Gasteiger partial charge < -0.3 is 14.8 Å². The monoisotopic (exact) mass is 409 g/mol. The topological polar surface area (TPSA) is 73.3 Å². The van der Waals surface area contributed by atoms with Crippen LogP contribution in [0.2, 0.25) is 0 Å². The standard InChI is InChI=1S/C22H23N3O3S/c1-4-5-16-6-7-19(20(12-16)27-3)28-13-21(26)24-15(2)22-25-18(14-29-22)17-8-10-23-11-9-17/h4-12,14-15H,13H2,1-3H3,(H,24,26). The molecule has 1 amide bonds. The minimum atomic E-state index is -0.224. The summed E-state index contributed by atoms with van der Waals surface area (Å²) in [5.41, 5.74) is 2.87. The number of hydrogen-bond acceptors (Lipinski definition) is 6. The van der Waals surface area contributed by atoms with Crippen molar-refractivity contribution in [2.45, 2.75) is 19.9 Å². The molecule has 3 aromatic rings. The van der Waals surface area contributed by atoms with E-state index in [-0.39, 0.29) is 18.6 Å². The molecule has 0 saturated carbocycles. The molecular weight excluding hydrogens is 386 g/mol. The van der Waals surface area contributed by atoms with Gasteiger partial charge in [-0.05, 0) is 43.7 Å². The maximum absolute atomic E-state index is 12.3. The quantitative estimate of drug-likeness (QED) is 0.593. The molecule has 1 atom stereocenters. The zero-order valence-electron chi connectivity index (χ0n) is 16.6. The van der Waals surface area contributed by atoms with Crippen LogP contribution in [-0.4, -0.2) is 29.6 Å². The Morgan fingerprint density at radius 3 is 2.76 bits per heavy atom. The molecule has 29 heavy (non-hydrogen) atoms. The number of aromatic nitrogens is 2. The van der Waals surface area contributed by atoms with Crippen LogP contribution in [0.15, 0.2) is 54.2 Å². The number of methoxy groups -OCH3 is 1. The van der Waals surface area contributed by atoms with Gasteiger partial charge in [0, 0.05) is 23.3 Å². The number of nitrogens with one attached hydrogen (secondary N) is 1. The lowest BCUT2D eigenvalue weighted by atomic mass is 10.2. The molecule has 0 saturated heterocycles. The third-order valence-electron chi connectivity index (χ3n) is 4.15. The number of allylic oxidation sites excluding steroid dienone is 1. The maximum Gasteiger partial charge on any atom is 0.258 e. The lowest BCUT2D eigenvalue weighted by Gasteiger charge is -2.14. The molecule has 0 fully saturated rings. The van der Waals surface area contributed by atoms with E-state index < -0.39 is 0 Å². The molecule has 2 aromatic heterocycles. The van der Waals surface area contributed by atoms with Crippen molar-refractivity contribution >= 4 is 23.3 Å². The molecule has 6 nitrogen and oxygen atoms in total.